The highest BCUT2D eigenvalue weighted by molar-refractivity contribution is 7.95. The van der Waals surface area contributed by atoms with Crippen molar-refractivity contribution < 1.29 is 18.6 Å². The number of allylic oxidation sites excluding steroid dienone is 3. The number of pyridine rings is 1. The van der Waals surface area contributed by atoms with E-state index in [0.29, 0.717) is 5.56 Å². The summed E-state index contributed by atoms with van der Waals surface area (Å²) in [5.74, 6) is -0.550. The fourth-order valence-corrected chi connectivity index (χ4v) is 2.76. The zero-order chi connectivity index (χ0) is 18.9. The normalized spacial score (nSPS) is 11.5. The van der Waals surface area contributed by atoms with Gasteiger partial charge in [0.2, 0.25) is 9.84 Å². The van der Waals surface area contributed by atoms with Crippen LogP contribution in [0.5, 0.6) is 11.5 Å². The highest BCUT2D eigenvalue weighted by atomic mass is 32.2. The molecule has 130 valence electrons. The molecular formula is C18H18N2O4S. The zero-order valence-corrected chi connectivity index (χ0v) is 14.6. The zero-order valence-electron chi connectivity index (χ0n) is 13.8. The average molecular weight is 358 g/mol. The van der Waals surface area contributed by atoms with Gasteiger partial charge >= 0.3 is 0 Å². The van der Waals surface area contributed by atoms with Crippen LogP contribution in [0.1, 0.15) is 19.4 Å². The summed E-state index contributed by atoms with van der Waals surface area (Å²) in [4.78, 5) is 3.29. The highest BCUT2D eigenvalue weighted by Crippen LogP contribution is 2.25. The Labute approximate surface area is 146 Å². The van der Waals surface area contributed by atoms with E-state index in [0.717, 1.165) is 6.08 Å². The summed E-state index contributed by atoms with van der Waals surface area (Å²) in [5, 5.41) is 27.5. The Hall–Kier alpha value is -3.11. The monoisotopic (exact) mass is 358 g/mol. The summed E-state index contributed by atoms with van der Waals surface area (Å²) in [6.07, 6.45) is 5.33. The smallest absolute Gasteiger partial charge is 0.233 e. The number of aromatic hydroxyl groups is 2. The molecule has 25 heavy (non-hydrogen) atoms. The van der Waals surface area contributed by atoms with E-state index in [1.165, 1.54) is 48.7 Å². The summed E-state index contributed by atoms with van der Waals surface area (Å²) in [6.45, 7) is 4.00. The van der Waals surface area contributed by atoms with Crippen LogP contribution in [0, 0.1) is 11.3 Å². The van der Waals surface area contributed by atoms with Crippen molar-refractivity contribution in [3.05, 3.63) is 65.2 Å². The molecule has 0 atom stereocenters. The quantitative estimate of drug-likeness (QED) is 0.492. The molecule has 2 N–H and O–H groups in total. The van der Waals surface area contributed by atoms with E-state index in [1.54, 1.807) is 12.1 Å². The maximum atomic E-state index is 12.2. The molecule has 0 saturated carbocycles. The van der Waals surface area contributed by atoms with Crippen LogP contribution in [0.2, 0.25) is 0 Å². The summed E-state index contributed by atoms with van der Waals surface area (Å²) in [5.41, 5.74) is 0.532. The topological polar surface area (TPSA) is 111 Å². The van der Waals surface area contributed by atoms with Gasteiger partial charge in [-0.3, -0.25) is 0 Å². The number of hydrogen-bond acceptors (Lipinski definition) is 6. The number of benzene rings is 1. The van der Waals surface area contributed by atoms with Crippen molar-refractivity contribution in [2.24, 2.45) is 0 Å². The molecule has 0 fully saturated rings. The number of rotatable bonds is 4. The summed E-state index contributed by atoms with van der Waals surface area (Å²) < 4.78 is 24.5. The van der Waals surface area contributed by atoms with Gasteiger partial charge in [0, 0.05) is 6.20 Å². The molecule has 0 spiro atoms. The lowest BCUT2D eigenvalue weighted by Gasteiger charge is -2.00. The number of phenols is 2. The van der Waals surface area contributed by atoms with Crippen molar-refractivity contribution in [3.63, 3.8) is 0 Å². The van der Waals surface area contributed by atoms with Crippen molar-refractivity contribution in [3.8, 4) is 17.6 Å². The predicted octanol–water partition coefficient (Wildman–Crippen LogP) is 3.41. The summed E-state index contributed by atoms with van der Waals surface area (Å²) in [6, 6.07) is 10.2. The lowest BCUT2D eigenvalue weighted by atomic mass is 10.2. The molecule has 0 saturated heterocycles. The number of hydrogen-bond donors (Lipinski definition) is 2. The SMILES string of the molecule is CC.N#C/C(=C\C=C\c1ccc(O)c(O)c1)S(=O)(=O)c1ccccn1. The van der Waals surface area contributed by atoms with E-state index in [1.807, 2.05) is 13.8 Å². The lowest BCUT2D eigenvalue weighted by Crippen LogP contribution is -2.05. The fraction of sp³-hybridized carbons (Fsp3) is 0.111. The molecular weight excluding hydrogens is 340 g/mol. The van der Waals surface area contributed by atoms with Crippen LogP contribution in [0.15, 0.2) is 64.7 Å². The van der Waals surface area contributed by atoms with Crippen LogP contribution in [-0.4, -0.2) is 23.6 Å². The van der Waals surface area contributed by atoms with Crippen molar-refractivity contribution in [1.82, 2.24) is 4.98 Å². The third kappa shape index (κ3) is 5.19. The largest absolute Gasteiger partial charge is 0.504 e. The fourth-order valence-electron chi connectivity index (χ4n) is 1.70. The van der Waals surface area contributed by atoms with Gasteiger partial charge in [-0.05, 0) is 35.9 Å². The van der Waals surface area contributed by atoms with E-state index in [2.05, 4.69) is 4.98 Å². The molecule has 0 bridgehead atoms. The lowest BCUT2D eigenvalue weighted by molar-refractivity contribution is 0.403. The first-order valence-electron chi connectivity index (χ1n) is 7.41. The molecule has 0 radical (unpaired) electrons. The Morgan fingerprint density at radius 1 is 1.16 bits per heavy atom. The second kappa shape index (κ2) is 9.25. The first-order valence-corrected chi connectivity index (χ1v) is 8.90. The predicted molar refractivity (Wildman–Crippen MR) is 95.3 cm³/mol. The molecule has 0 aliphatic carbocycles. The molecule has 6 nitrogen and oxygen atoms in total. The Kier molecular flexibility index (Phi) is 7.38. The van der Waals surface area contributed by atoms with Crippen molar-refractivity contribution in [2.75, 3.05) is 0 Å². The second-order valence-electron chi connectivity index (χ2n) is 4.42. The van der Waals surface area contributed by atoms with Gasteiger partial charge < -0.3 is 10.2 Å². The molecule has 1 aromatic carbocycles. The first-order chi connectivity index (χ1) is 11.9. The van der Waals surface area contributed by atoms with Crippen LogP contribution in [0.25, 0.3) is 6.08 Å². The standard InChI is InChI=1S/C16H12N2O4S.C2H6/c17-11-13(23(21,22)16-6-1-2-9-18-16)5-3-4-12-7-8-14(19)15(20)10-12;1-2/h1-10,19-20H;1-2H3/b4-3+,13-5+;. The number of nitriles is 1. The van der Waals surface area contributed by atoms with Gasteiger partial charge in [0.25, 0.3) is 0 Å². The molecule has 1 aromatic heterocycles. The van der Waals surface area contributed by atoms with Gasteiger partial charge in [-0.25, -0.2) is 13.4 Å². The third-order valence-corrected chi connectivity index (χ3v) is 4.45. The first kappa shape index (κ1) is 19.9. The minimum atomic E-state index is -3.97. The maximum Gasteiger partial charge on any atom is 0.233 e. The van der Waals surface area contributed by atoms with Crippen LogP contribution < -0.4 is 0 Å². The number of aromatic nitrogens is 1. The molecule has 2 aromatic rings. The van der Waals surface area contributed by atoms with Gasteiger partial charge in [-0.1, -0.05) is 38.1 Å². The van der Waals surface area contributed by atoms with Crippen molar-refractivity contribution in [1.29, 1.82) is 5.26 Å². The molecule has 0 amide bonds. The Morgan fingerprint density at radius 3 is 2.44 bits per heavy atom. The minimum absolute atomic E-state index is 0.205. The van der Waals surface area contributed by atoms with Gasteiger partial charge in [0.05, 0.1) is 0 Å². The van der Waals surface area contributed by atoms with E-state index in [4.69, 9.17) is 5.26 Å². The number of phenolic OH excluding ortho intramolecular Hbond substituents is 2. The van der Waals surface area contributed by atoms with E-state index < -0.39 is 14.7 Å². The minimum Gasteiger partial charge on any atom is -0.504 e. The van der Waals surface area contributed by atoms with Crippen molar-refractivity contribution in [2.45, 2.75) is 18.9 Å². The number of sulfone groups is 1. The molecule has 2 rings (SSSR count). The maximum absolute atomic E-state index is 12.2. The molecule has 1 heterocycles. The van der Waals surface area contributed by atoms with E-state index in [-0.39, 0.29) is 16.5 Å². The van der Waals surface area contributed by atoms with Gasteiger partial charge in [0.15, 0.2) is 21.4 Å². The average Bonchev–Trinajstić information content (AvgIpc) is 2.64. The van der Waals surface area contributed by atoms with Crippen LogP contribution >= 0.6 is 0 Å². The molecule has 0 unspecified atom stereocenters. The molecule has 0 aliphatic heterocycles. The summed E-state index contributed by atoms with van der Waals surface area (Å²) in [7, 11) is -3.97. The second-order valence-corrected chi connectivity index (χ2v) is 6.29. The van der Waals surface area contributed by atoms with E-state index >= 15 is 0 Å². The number of nitrogens with zero attached hydrogens (tertiary/aromatic N) is 2. The van der Waals surface area contributed by atoms with Gasteiger partial charge in [-0.2, -0.15) is 5.26 Å². The van der Waals surface area contributed by atoms with Crippen molar-refractivity contribution >= 4 is 15.9 Å². The Balaban J connectivity index is 0.00000151. The van der Waals surface area contributed by atoms with Gasteiger partial charge in [0.1, 0.15) is 6.07 Å². The van der Waals surface area contributed by atoms with E-state index in [9.17, 15) is 18.6 Å². The van der Waals surface area contributed by atoms with Crippen LogP contribution in [0.4, 0.5) is 0 Å². The Morgan fingerprint density at radius 2 is 1.88 bits per heavy atom. The Bertz CT molecular complexity index is 912. The molecule has 7 heteroatoms. The van der Waals surface area contributed by atoms with Crippen LogP contribution in [0.3, 0.4) is 0 Å². The highest BCUT2D eigenvalue weighted by Gasteiger charge is 2.21. The third-order valence-electron chi connectivity index (χ3n) is 2.85. The van der Waals surface area contributed by atoms with Gasteiger partial charge in [-0.15, -0.1) is 0 Å². The molecule has 0 aliphatic rings. The van der Waals surface area contributed by atoms with Crippen LogP contribution in [-0.2, 0) is 9.84 Å². The summed E-state index contributed by atoms with van der Waals surface area (Å²) >= 11 is 0.